The SMILES string of the molecule is Cn1nccc1CNS(=O)(=O)CCl. The van der Waals surface area contributed by atoms with Gasteiger partial charge >= 0.3 is 0 Å². The summed E-state index contributed by atoms with van der Waals surface area (Å²) in [5, 5.41) is 3.47. The normalized spacial score (nSPS) is 11.8. The first kappa shape index (κ1) is 10.5. The van der Waals surface area contributed by atoms with Gasteiger partial charge in [-0.3, -0.25) is 4.68 Å². The standard InChI is InChI=1S/C6H10ClN3O2S/c1-10-6(2-3-8-10)4-9-13(11,12)5-7/h2-3,9H,4-5H2,1H3. The van der Waals surface area contributed by atoms with Crippen LogP contribution in [-0.2, 0) is 23.6 Å². The molecule has 74 valence electrons. The van der Waals surface area contributed by atoms with Crippen molar-refractivity contribution in [2.24, 2.45) is 7.05 Å². The van der Waals surface area contributed by atoms with Crippen LogP contribution in [0.4, 0.5) is 0 Å². The summed E-state index contributed by atoms with van der Waals surface area (Å²) < 4.78 is 25.8. The van der Waals surface area contributed by atoms with Crippen molar-refractivity contribution in [3.05, 3.63) is 18.0 Å². The Kier molecular flexibility index (Phi) is 3.29. The van der Waals surface area contributed by atoms with Gasteiger partial charge in [0.25, 0.3) is 0 Å². The molecule has 0 aliphatic heterocycles. The quantitative estimate of drug-likeness (QED) is 0.733. The van der Waals surface area contributed by atoms with Gasteiger partial charge in [0.2, 0.25) is 10.0 Å². The number of aromatic nitrogens is 2. The predicted octanol–water partition coefficient (Wildman–Crippen LogP) is 0.0358. The van der Waals surface area contributed by atoms with Gasteiger partial charge in [-0.1, -0.05) is 0 Å². The third kappa shape index (κ3) is 2.98. The smallest absolute Gasteiger partial charge is 0.226 e. The van der Waals surface area contributed by atoms with Crippen molar-refractivity contribution in [1.82, 2.24) is 14.5 Å². The van der Waals surface area contributed by atoms with Crippen LogP contribution in [0.25, 0.3) is 0 Å². The molecule has 0 amide bonds. The number of halogens is 1. The Balaban J connectivity index is 2.58. The van der Waals surface area contributed by atoms with Crippen LogP contribution in [0.3, 0.4) is 0 Å². The second-order valence-electron chi connectivity index (χ2n) is 2.49. The highest BCUT2D eigenvalue weighted by Crippen LogP contribution is 1.97. The Morgan fingerprint density at radius 2 is 2.38 bits per heavy atom. The molecule has 13 heavy (non-hydrogen) atoms. The molecule has 1 aromatic rings. The lowest BCUT2D eigenvalue weighted by molar-refractivity contribution is 0.582. The van der Waals surface area contributed by atoms with E-state index in [4.69, 9.17) is 11.6 Å². The van der Waals surface area contributed by atoms with E-state index in [0.717, 1.165) is 5.69 Å². The maximum absolute atomic E-state index is 10.9. The Morgan fingerprint density at radius 3 is 2.85 bits per heavy atom. The zero-order valence-electron chi connectivity index (χ0n) is 7.07. The largest absolute Gasteiger partial charge is 0.271 e. The average Bonchev–Trinajstić information content (AvgIpc) is 2.48. The van der Waals surface area contributed by atoms with Crippen LogP contribution in [0.5, 0.6) is 0 Å². The van der Waals surface area contributed by atoms with E-state index in [-0.39, 0.29) is 6.54 Å². The van der Waals surface area contributed by atoms with Crippen LogP contribution in [0.1, 0.15) is 5.69 Å². The molecule has 0 aliphatic carbocycles. The Hall–Kier alpha value is -0.590. The van der Waals surface area contributed by atoms with Crippen LogP contribution in [0, 0.1) is 0 Å². The summed E-state index contributed by atoms with van der Waals surface area (Å²) in [6.07, 6.45) is 1.60. The van der Waals surface area contributed by atoms with Gasteiger partial charge in [-0.25, -0.2) is 13.1 Å². The number of hydrogen-bond acceptors (Lipinski definition) is 3. The number of hydrogen-bond donors (Lipinski definition) is 1. The topological polar surface area (TPSA) is 64.0 Å². The molecule has 0 fully saturated rings. The van der Waals surface area contributed by atoms with Crippen molar-refractivity contribution in [2.75, 3.05) is 5.21 Å². The first-order valence-electron chi connectivity index (χ1n) is 3.55. The van der Waals surface area contributed by atoms with Crippen molar-refractivity contribution >= 4 is 21.6 Å². The number of sulfonamides is 1. The van der Waals surface area contributed by atoms with E-state index in [1.54, 1.807) is 24.0 Å². The number of aryl methyl sites for hydroxylation is 1. The molecule has 5 nitrogen and oxygen atoms in total. The molecule has 0 saturated carbocycles. The summed E-state index contributed by atoms with van der Waals surface area (Å²) in [6, 6.07) is 1.73. The number of rotatable bonds is 4. The fourth-order valence-corrected chi connectivity index (χ4v) is 1.47. The van der Waals surface area contributed by atoms with Crippen molar-refractivity contribution in [3.8, 4) is 0 Å². The van der Waals surface area contributed by atoms with Gasteiger partial charge in [-0.2, -0.15) is 5.10 Å². The van der Waals surface area contributed by atoms with E-state index >= 15 is 0 Å². The maximum Gasteiger partial charge on any atom is 0.226 e. The van der Waals surface area contributed by atoms with E-state index in [0.29, 0.717) is 0 Å². The minimum atomic E-state index is -3.34. The molecule has 0 spiro atoms. The molecular formula is C6H10ClN3O2S. The van der Waals surface area contributed by atoms with Crippen LogP contribution in [0.2, 0.25) is 0 Å². The number of alkyl halides is 1. The second-order valence-corrected chi connectivity index (χ2v) is 4.88. The monoisotopic (exact) mass is 223 g/mol. The van der Waals surface area contributed by atoms with E-state index in [2.05, 4.69) is 9.82 Å². The van der Waals surface area contributed by atoms with Crippen molar-refractivity contribution in [3.63, 3.8) is 0 Å². The molecule has 1 N–H and O–H groups in total. The highest BCUT2D eigenvalue weighted by molar-refractivity contribution is 7.90. The molecule has 0 saturated heterocycles. The van der Waals surface area contributed by atoms with Gasteiger partial charge in [-0.15, -0.1) is 11.6 Å². The summed E-state index contributed by atoms with van der Waals surface area (Å²) in [5.74, 6) is 0. The molecule has 0 atom stereocenters. The van der Waals surface area contributed by atoms with Gasteiger partial charge in [0.15, 0.2) is 0 Å². The second kappa shape index (κ2) is 4.08. The summed E-state index contributed by atoms with van der Waals surface area (Å²) >= 11 is 5.20. The Morgan fingerprint density at radius 1 is 1.69 bits per heavy atom. The van der Waals surface area contributed by atoms with E-state index < -0.39 is 15.2 Å². The lowest BCUT2D eigenvalue weighted by Crippen LogP contribution is -2.25. The highest BCUT2D eigenvalue weighted by Gasteiger charge is 2.08. The Labute approximate surface area is 81.7 Å². The minimum absolute atomic E-state index is 0.214. The minimum Gasteiger partial charge on any atom is -0.271 e. The van der Waals surface area contributed by atoms with Gasteiger partial charge in [0.05, 0.1) is 12.2 Å². The molecule has 0 aromatic carbocycles. The van der Waals surface area contributed by atoms with E-state index in [9.17, 15) is 8.42 Å². The first-order chi connectivity index (χ1) is 6.05. The summed E-state index contributed by atoms with van der Waals surface area (Å²) in [6.45, 7) is 0.214. The third-order valence-electron chi connectivity index (χ3n) is 1.54. The summed E-state index contributed by atoms with van der Waals surface area (Å²) in [4.78, 5) is 0. The number of nitrogens with one attached hydrogen (secondary N) is 1. The highest BCUT2D eigenvalue weighted by atomic mass is 35.5. The molecule has 1 heterocycles. The summed E-state index contributed by atoms with van der Waals surface area (Å²) in [7, 11) is -1.60. The van der Waals surface area contributed by atoms with Crippen LogP contribution < -0.4 is 4.72 Å². The predicted molar refractivity (Wildman–Crippen MR) is 49.7 cm³/mol. The third-order valence-corrected chi connectivity index (χ3v) is 3.27. The molecule has 1 rings (SSSR count). The fourth-order valence-electron chi connectivity index (χ4n) is 0.797. The van der Waals surface area contributed by atoms with Crippen molar-refractivity contribution in [1.29, 1.82) is 0 Å². The zero-order chi connectivity index (χ0) is 9.90. The average molecular weight is 224 g/mol. The van der Waals surface area contributed by atoms with E-state index in [1.807, 2.05) is 0 Å². The van der Waals surface area contributed by atoms with E-state index in [1.165, 1.54) is 0 Å². The lowest BCUT2D eigenvalue weighted by atomic mass is 10.4. The molecular weight excluding hydrogens is 214 g/mol. The number of nitrogens with zero attached hydrogens (tertiary/aromatic N) is 2. The lowest BCUT2D eigenvalue weighted by Gasteiger charge is -2.03. The van der Waals surface area contributed by atoms with Gasteiger partial charge in [0.1, 0.15) is 5.21 Å². The molecule has 7 heteroatoms. The first-order valence-corrected chi connectivity index (χ1v) is 5.74. The molecule has 1 aromatic heterocycles. The Bertz CT molecular complexity index is 373. The fraction of sp³-hybridized carbons (Fsp3) is 0.500. The molecule has 0 unspecified atom stereocenters. The van der Waals surface area contributed by atoms with Crippen molar-refractivity contribution in [2.45, 2.75) is 6.54 Å². The van der Waals surface area contributed by atoms with Crippen LogP contribution in [0.15, 0.2) is 12.3 Å². The maximum atomic E-state index is 10.9. The molecule has 0 bridgehead atoms. The molecule has 0 aliphatic rings. The zero-order valence-corrected chi connectivity index (χ0v) is 8.64. The van der Waals surface area contributed by atoms with Crippen molar-refractivity contribution < 1.29 is 8.42 Å². The van der Waals surface area contributed by atoms with Gasteiger partial charge in [-0.05, 0) is 6.07 Å². The van der Waals surface area contributed by atoms with Crippen LogP contribution in [-0.4, -0.2) is 23.4 Å². The summed E-state index contributed by atoms with van der Waals surface area (Å²) in [5.41, 5.74) is 0.786. The van der Waals surface area contributed by atoms with Gasteiger partial charge < -0.3 is 0 Å². The van der Waals surface area contributed by atoms with Gasteiger partial charge in [0, 0.05) is 13.2 Å². The van der Waals surface area contributed by atoms with Crippen LogP contribution >= 0.6 is 11.6 Å². The molecule has 0 radical (unpaired) electrons.